The number of hydrogen-bond acceptors (Lipinski definition) is 4. The zero-order valence-corrected chi connectivity index (χ0v) is 14.9. The number of pyridine rings is 1. The maximum Gasteiger partial charge on any atom is 0.283 e. The van der Waals surface area contributed by atoms with Crippen molar-refractivity contribution >= 4 is 5.91 Å². The molecule has 0 unspecified atom stereocenters. The van der Waals surface area contributed by atoms with E-state index in [2.05, 4.69) is 15.8 Å². The van der Waals surface area contributed by atoms with Gasteiger partial charge in [0.15, 0.2) is 0 Å². The molecule has 2 N–H and O–H groups in total. The quantitative estimate of drug-likeness (QED) is 0.627. The Hall–Kier alpha value is -3.25. The number of aromatic nitrogens is 1. The molecule has 0 aliphatic heterocycles. The molecule has 5 nitrogen and oxygen atoms in total. The number of rotatable bonds is 7. The largest absolute Gasteiger partial charge is 0.494 e. The van der Waals surface area contributed by atoms with Crippen LogP contribution in [0.25, 0.3) is 11.3 Å². The van der Waals surface area contributed by atoms with Crippen LogP contribution in [-0.2, 0) is 6.54 Å². The Bertz CT molecular complexity index is 913. The van der Waals surface area contributed by atoms with Crippen molar-refractivity contribution in [1.82, 2.24) is 15.8 Å². The lowest BCUT2D eigenvalue weighted by atomic mass is 10.1. The Labute approximate surface area is 157 Å². The molecule has 2 aromatic carbocycles. The first kappa shape index (κ1) is 18.5. The molecule has 6 heteroatoms. The summed E-state index contributed by atoms with van der Waals surface area (Å²) in [4.78, 5) is 16.7. The molecule has 0 saturated heterocycles. The molecule has 0 atom stereocenters. The fourth-order valence-electron chi connectivity index (χ4n) is 2.54. The minimum atomic E-state index is -0.390. The van der Waals surface area contributed by atoms with E-state index in [1.54, 1.807) is 30.3 Å². The number of benzene rings is 2. The molecule has 0 saturated carbocycles. The van der Waals surface area contributed by atoms with Crippen LogP contribution in [0.3, 0.4) is 0 Å². The minimum absolute atomic E-state index is 0.178. The van der Waals surface area contributed by atoms with Crippen molar-refractivity contribution in [2.75, 3.05) is 6.61 Å². The van der Waals surface area contributed by atoms with Crippen molar-refractivity contribution in [3.05, 3.63) is 83.8 Å². The molecular weight excluding hydrogens is 345 g/mol. The van der Waals surface area contributed by atoms with Gasteiger partial charge in [-0.3, -0.25) is 10.2 Å². The van der Waals surface area contributed by atoms with Crippen molar-refractivity contribution < 1.29 is 13.9 Å². The summed E-state index contributed by atoms with van der Waals surface area (Å²) >= 11 is 0. The summed E-state index contributed by atoms with van der Waals surface area (Å²) in [6.07, 6.45) is 0. The molecule has 0 fully saturated rings. The van der Waals surface area contributed by atoms with Crippen LogP contribution in [0.5, 0.6) is 5.75 Å². The summed E-state index contributed by atoms with van der Waals surface area (Å²) in [5, 5.41) is 0. The minimum Gasteiger partial charge on any atom is -0.494 e. The van der Waals surface area contributed by atoms with Crippen LogP contribution in [0, 0.1) is 5.82 Å². The van der Waals surface area contributed by atoms with E-state index in [0.29, 0.717) is 17.9 Å². The highest BCUT2D eigenvalue weighted by atomic mass is 19.1. The Kier molecular flexibility index (Phi) is 6.12. The molecule has 138 valence electrons. The molecule has 0 aliphatic rings. The van der Waals surface area contributed by atoms with E-state index < -0.39 is 0 Å². The molecule has 3 rings (SSSR count). The normalized spacial score (nSPS) is 10.4. The number of amides is 1. The van der Waals surface area contributed by atoms with Crippen LogP contribution >= 0.6 is 0 Å². The van der Waals surface area contributed by atoms with Gasteiger partial charge in [0, 0.05) is 17.7 Å². The van der Waals surface area contributed by atoms with Gasteiger partial charge in [0.05, 0.1) is 12.3 Å². The van der Waals surface area contributed by atoms with Crippen molar-refractivity contribution in [1.29, 1.82) is 0 Å². The first-order chi connectivity index (χ1) is 13.2. The van der Waals surface area contributed by atoms with Gasteiger partial charge >= 0.3 is 0 Å². The molecule has 1 heterocycles. The van der Waals surface area contributed by atoms with Crippen LogP contribution in [0.15, 0.2) is 66.7 Å². The average Bonchev–Trinajstić information content (AvgIpc) is 2.70. The first-order valence-corrected chi connectivity index (χ1v) is 8.64. The Morgan fingerprint density at radius 2 is 1.81 bits per heavy atom. The lowest BCUT2D eigenvalue weighted by molar-refractivity contribution is 0.0927. The Morgan fingerprint density at radius 3 is 2.56 bits per heavy atom. The average molecular weight is 365 g/mol. The van der Waals surface area contributed by atoms with Crippen LogP contribution in [-0.4, -0.2) is 17.5 Å². The zero-order chi connectivity index (χ0) is 19.1. The molecule has 0 aliphatic carbocycles. The number of hydrogen-bond donors (Lipinski definition) is 2. The van der Waals surface area contributed by atoms with E-state index in [9.17, 15) is 9.18 Å². The third-order valence-electron chi connectivity index (χ3n) is 3.88. The van der Waals surface area contributed by atoms with Gasteiger partial charge in [0.25, 0.3) is 5.91 Å². The molecule has 0 bridgehead atoms. The van der Waals surface area contributed by atoms with E-state index in [4.69, 9.17) is 4.74 Å². The predicted octanol–water partition coefficient (Wildman–Crippen LogP) is 3.72. The van der Waals surface area contributed by atoms with E-state index >= 15 is 0 Å². The number of halogens is 1. The van der Waals surface area contributed by atoms with Crippen LogP contribution in [0.2, 0.25) is 0 Å². The van der Waals surface area contributed by atoms with Crippen molar-refractivity contribution in [2.45, 2.75) is 13.5 Å². The van der Waals surface area contributed by atoms with Crippen molar-refractivity contribution in [3.63, 3.8) is 0 Å². The Morgan fingerprint density at radius 1 is 1.04 bits per heavy atom. The van der Waals surface area contributed by atoms with E-state index in [1.165, 1.54) is 6.07 Å². The molecule has 3 aromatic rings. The van der Waals surface area contributed by atoms with Gasteiger partial charge in [-0.1, -0.05) is 24.3 Å². The highest BCUT2D eigenvalue weighted by Gasteiger charge is 2.09. The number of nitrogens with one attached hydrogen (secondary N) is 2. The van der Waals surface area contributed by atoms with Gasteiger partial charge < -0.3 is 4.74 Å². The van der Waals surface area contributed by atoms with Crippen molar-refractivity contribution in [3.8, 4) is 17.0 Å². The fourth-order valence-corrected chi connectivity index (χ4v) is 2.54. The summed E-state index contributed by atoms with van der Waals surface area (Å²) in [7, 11) is 0. The second kappa shape index (κ2) is 8.91. The van der Waals surface area contributed by atoms with E-state index in [-0.39, 0.29) is 24.0 Å². The second-order valence-corrected chi connectivity index (χ2v) is 5.76. The van der Waals surface area contributed by atoms with Crippen LogP contribution < -0.4 is 15.6 Å². The second-order valence-electron chi connectivity index (χ2n) is 5.76. The Balaban J connectivity index is 1.64. The summed E-state index contributed by atoms with van der Waals surface area (Å²) < 4.78 is 19.0. The molecule has 0 radical (unpaired) electrons. The van der Waals surface area contributed by atoms with Gasteiger partial charge in [-0.05, 0) is 49.4 Å². The predicted molar refractivity (Wildman–Crippen MR) is 102 cm³/mol. The standard InChI is InChI=1S/C21H20FN3O2/c1-2-27-17-12-10-15(11-13-17)19-8-5-9-20(24-19)21(26)25-23-14-16-6-3-4-7-18(16)22/h3-13,23H,2,14H2,1H3,(H,25,26). The molecule has 1 amide bonds. The monoisotopic (exact) mass is 365 g/mol. The zero-order valence-electron chi connectivity index (χ0n) is 14.9. The molecule has 27 heavy (non-hydrogen) atoms. The van der Waals surface area contributed by atoms with E-state index in [1.807, 2.05) is 37.3 Å². The van der Waals surface area contributed by atoms with Crippen LogP contribution in [0.1, 0.15) is 23.0 Å². The maximum absolute atomic E-state index is 13.6. The lowest BCUT2D eigenvalue weighted by Gasteiger charge is -2.09. The SMILES string of the molecule is CCOc1ccc(-c2cccc(C(=O)NNCc3ccccc3F)n2)cc1. The number of carbonyl (C=O) groups excluding carboxylic acids is 1. The summed E-state index contributed by atoms with van der Waals surface area (Å²) in [6.45, 7) is 2.71. The fraction of sp³-hybridized carbons (Fsp3) is 0.143. The summed E-state index contributed by atoms with van der Waals surface area (Å²) in [5.41, 5.74) is 7.56. The third kappa shape index (κ3) is 4.89. The molecule has 1 aromatic heterocycles. The van der Waals surface area contributed by atoms with Crippen molar-refractivity contribution in [2.24, 2.45) is 0 Å². The van der Waals surface area contributed by atoms with Gasteiger partial charge in [-0.15, -0.1) is 0 Å². The van der Waals surface area contributed by atoms with Gasteiger partial charge in [-0.25, -0.2) is 14.8 Å². The summed E-state index contributed by atoms with van der Waals surface area (Å²) in [6, 6.07) is 19.1. The number of carbonyl (C=O) groups is 1. The first-order valence-electron chi connectivity index (χ1n) is 8.64. The maximum atomic E-state index is 13.6. The topological polar surface area (TPSA) is 63.2 Å². The summed E-state index contributed by atoms with van der Waals surface area (Å²) in [5.74, 6) is 0.0708. The smallest absolute Gasteiger partial charge is 0.283 e. The highest BCUT2D eigenvalue weighted by molar-refractivity contribution is 5.92. The van der Waals surface area contributed by atoms with Gasteiger partial charge in [-0.2, -0.15) is 0 Å². The highest BCUT2D eigenvalue weighted by Crippen LogP contribution is 2.21. The third-order valence-corrected chi connectivity index (χ3v) is 3.88. The molecule has 0 spiro atoms. The van der Waals surface area contributed by atoms with Gasteiger partial charge in [0.1, 0.15) is 17.3 Å². The lowest BCUT2D eigenvalue weighted by Crippen LogP contribution is -2.37. The van der Waals surface area contributed by atoms with Crippen LogP contribution in [0.4, 0.5) is 4.39 Å². The number of nitrogens with zero attached hydrogens (tertiary/aromatic N) is 1. The number of hydrazine groups is 1. The van der Waals surface area contributed by atoms with E-state index in [0.717, 1.165) is 11.3 Å². The number of ether oxygens (including phenoxy) is 1. The molecular formula is C21H20FN3O2. The van der Waals surface area contributed by atoms with Gasteiger partial charge in [0.2, 0.25) is 0 Å².